The van der Waals surface area contributed by atoms with Gasteiger partial charge in [-0.25, -0.2) is 9.13 Å². The maximum Gasteiger partial charge on any atom is 0.472 e. The zero-order chi connectivity index (χ0) is 70.9. The average Bonchev–Trinajstić information content (AvgIpc) is 1.15. The van der Waals surface area contributed by atoms with Gasteiger partial charge in [-0.3, -0.25) is 37.3 Å². The number of aliphatic hydroxyl groups is 1. The predicted molar refractivity (Wildman–Crippen MR) is 391 cm³/mol. The molecule has 96 heavy (non-hydrogen) atoms. The van der Waals surface area contributed by atoms with E-state index < -0.39 is 97.5 Å². The van der Waals surface area contributed by atoms with E-state index in [1.54, 1.807) is 0 Å². The molecule has 0 saturated carbocycles. The molecule has 0 aliphatic heterocycles. The molecule has 4 unspecified atom stereocenters. The van der Waals surface area contributed by atoms with Crippen molar-refractivity contribution in [2.45, 2.75) is 414 Å². The summed E-state index contributed by atoms with van der Waals surface area (Å²) in [5, 5.41) is 10.6. The maximum absolute atomic E-state index is 13.1. The van der Waals surface area contributed by atoms with E-state index in [-0.39, 0.29) is 25.7 Å². The zero-order valence-electron chi connectivity index (χ0n) is 62.8. The number of unbranched alkanes of at least 4 members (excludes halogenated alkanes) is 41. The Bertz CT molecular complexity index is 1870. The van der Waals surface area contributed by atoms with E-state index in [4.69, 9.17) is 37.0 Å². The van der Waals surface area contributed by atoms with Gasteiger partial charge in [0.15, 0.2) is 12.2 Å². The number of esters is 4. The van der Waals surface area contributed by atoms with Crippen molar-refractivity contribution >= 4 is 39.5 Å². The standard InChI is InChI=1S/C77H150O17P2/c1-8-11-12-13-14-15-16-23-27-30-36-44-51-58-74(79)87-64-72(93-76(81)60-53-46-37-31-28-25-22-20-18-17-19-21-24-26-29-35-42-49-56-69(6)9-2)66-91-95(83,84)89-62-71(78)63-90-96(85,86)92-67-73(65-88-75(80)59-52-45-40-39-43-50-57-70(7)10-3)94-77(82)61-54-47-38-33-32-34-41-48-55-68(4)5/h68-73,78H,8-67H2,1-7H3,(H,83,84)(H,85,86)/t69?,70?,71-,72-,73-/m1/s1. The molecule has 17 nitrogen and oxygen atoms in total. The van der Waals surface area contributed by atoms with Gasteiger partial charge in [0.25, 0.3) is 0 Å². The quantitative estimate of drug-likeness (QED) is 0.0222. The predicted octanol–water partition coefficient (Wildman–Crippen LogP) is 22.6. The van der Waals surface area contributed by atoms with Gasteiger partial charge in [0, 0.05) is 25.7 Å². The zero-order valence-corrected chi connectivity index (χ0v) is 64.6. The Kier molecular flexibility index (Phi) is 66.2. The Hall–Kier alpha value is -1.94. The Balaban J connectivity index is 5.19. The van der Waals surface area contributed by atoms with Crippen LogP contribution in [0.5, 0.6) is 0 Å². The summed E-state index contributed by atoms with van der Waals surface area (Å²) in [4.78, 5) is 72.8. The molecule has 0 aliphatic carbocycles. The van der Waals surface area contributed by atoms with Crippen LogP contribution in [0.3, 0.4) is 0 Å². The van der Waals surface area contributed by atoms with Crippen LogP contribution in [0.4, 0.5) is 0 Å². The summed E-state index contributed by atoms with van der Waals surface area (Å²) in [6, 6.07) is 0. The highest BCUT2D eigenvalue weighted by Crippen LogP contribution is 2.45. The molecule has 0 aliphatic rings. The first-order valence-corrected chi connectivity index (χ1v) is 42.9. The SMILES string of the molecule is CCCCCCCCCCCCCCCC(=O)OC[C@H](COP(=O)(O)OC[C@@H](O)COP(=O)(O)OC[C@@H](COC(=O)CCCCCCCCC(C)CC)OC(=O)CCCCCCCCCCC(C)C)OC(=O)CCCCCCCCCCCCCCCCCCCCC(C)CC. The Morgan fingerprint density at radius 2 is 0.531 bits per heavy atom. The van der Waals surface area contributed by atoms with E-state index in [1.807, 2.05) is 0 Å². The number of ether oxygens (including phenoxy) is 4. The van der Waals surface area contributed by atoms with Crippen LogP contribution in [0.15, 0.2) is 0 Å². The molecule has 570 valence electrons. The highest BCUT2D eigenvalue weighted by Gasteiger charge is 2.30. The van der Waals surface area contributed by atoms with E-state index >= 15 is 0 Å². The molecular weight excluding hydrogens is 1260 g/mol. The number of phosphoric acid groups is 2. The number of hydrogen-bond donors (Lipinski definition) is 3. The molecule has 0 aromatic heterocycles. The van der Waals surface area contributed by atoms with E-state index in [0.29, 0.717) is 25.7 Å². The van der Waals surface area contributed by atoms with Crippen LogP contribution >= 0.6 is 15.6 Å². The van der Waals surface area contributed by atoms with Crippen molar-refractivity contribution in [1.29, 1.82) is 0 Å². The lowest BCUT2D eigenvalue weighted by Crippen LogP contribution is -2.30. The van der Waals surface area contributed by atoms with Gasteiger partial charge in [0.05, 0.1) is 26.4 Å². The molecule has 0 heterocycles. The molecule has 19 heteroatoms. The third-order valence-corrected chi connectivity index (χ3v) is 20.5. The summed E-state index contributed by atoms with van der Waals surface area (Å²) < 4.78 is 68.5. The average molecular weight is 1410 g/mol. The minimum atomic E-state index is -4.96. The topological polar surface area (TPSA) is 237 Å². The van der Waals surface area contributed by atoms with Crippen LogP contribution in [0.1, 0.15) is 395 Å². The van der Waals surface area contributed by atoms with Gasteiger partial charge in [-0.2, -0.15) is 0 Å². The second-order valence-electron chi connectivity index (χ2n) is 28.7. The Morgan fingerprint density at radius 3 is 0.792 bits per heavy atom. The van der Waals surface area contributed by atoms with Gasteiger partial charge in [-0.15, -0.1) is 0 Å². The van der Waals surface area contributed by atoms with Crippen molar-refractivity contribution < 1.29 is 80.2 Å². The molecule has 0 spiro atoms. The molecular formula is C77H150O17P2. The molecule has 7 atom stereocenters. The van der Waals surface area contributed by atoms with E-state index in [2.05, 4.69) is 48.5 Å². The van der Waals surface area contributed by atoms with E-state index in [9.17, 15) is 43.2 Å². The van der Waals surface area contributed by atoms with Gasteiger partial charge in [-0.1, -0.05) is 344 Å². The van der Waals surface area contributed by atoms with Crippen molar-refractivity contribution in [2.75, 3.05) is 39.6 Å². The fourth-order valence-electron chi connectivity index (χ4n) is 11.7. The van der Waals surface area contributed by atoms with Crippen molar-refractivity contribution in [3.05, 3.63) is 0 Å². The van der Waals surface area contributed by atoms with Crippen LogP contribution in [0.25, 0.3) is 0 Å². The third-order valence-electron chi connectivity index (χ3n) is 18.6. The third kappa shape index (κ3) is 67.9. The number of hydrogen-bond acceptors (Lipinski definition) is 15. The maximum atomic E-state index is 13.1. The fraction of sp³-hybridized carbons (Fsp3) is 0.948. The van der Waals surface area contributed by atoms with Crippen molar-refractivity contribution in [3.63, 3.8) is 0 Å². The van der Waals surface area contributed by atoms with Gasteiger partial charge < -0.3 is 33.8 Å². The van der Waals surface area contributed by atoms with Crippen molar-refractivity contribution in [3.8, 4) is 0 Å². The Labute approximate surface area is 588 Å². The first-order chi connectivity index (χ1) is 46.3. The summed E-state index contributed by atoms with van der Waals surface area (Å²) >= 11 is 0. The normalized spacial score (nSPS) is 14.6. The lowest BCUT2D eigenvalue weighted by atomic mass is 9.99. The second kappa shape index (κ2) is 67.5. The van der Waals surface area contributed by atoms with E-state index in [0.717, 1.165) is 114 Å². The summed E-state index contributed by atoms with van der Waals surface area (Å²) in [6.45, 7) is 11.9. The molecule has 0 bridgehead atoms. The molecule has 0 saturated heterocycles. The summed E-state index contributed by atoms with van der Waals surface area (Å²) in [5.74, 6) is 0.201. The van der Waals surface area contributed by atoms with Crippen LogP contribution in [0.2, 0.25) is 0 Å². The van der Waals surface area contributed by atoms with Crippen LogP contribution < -0.4 is 0 Å². The highest BCUT2D eigenvalue weighted by molar-refractivity contribution is 7.47. The summed E-state index contributed by atoms with van der Waals surface area (Å²) in [6.07, 6.45) is 54.2. The number of rotatable bonds is 75. The molecule has 0 amide bonds. The molecule has 0 aromatic carbocycles. The van der Waals surface area contributed by atoms with Crippen LogP contribution in [0, 0.1) is 17.8 Å². The van der Waals surface area contributed by atoms with Crippen LogP contribution in [-0.4, -0.2) is 96.7 Å². The second-order valence-corrected chi connectivity index (χ2v) is 31.6. The number of aliphatic hydroxyl groups excluding tert-OH is 1. The van der Waals surface area contributed by atoms with Gasteiger partial charge in [-0.05, 0) is 43.4 Å². The number of phosphoric ester groups is 2. The molecule has 0 aromatic rings. The minimum absolute atomic E-state index is 0.104. The smallest absolute Gasteiger partial charge is 0.462 e. The van der Waals surface area contributed by atoms with Gasteiger partial charge in [0.1, 0.15) is 19.3 Å². The van der Waals surface area contributed by atoms with E-state index in [1.165, 1.54) is 199 Å². The monoisotopic (exact) mass is 1410 g/mol. The molecule has 0 rings (SSSR count). The lowest BCUT2D eigenvalue weighted by Gasteiger charge is -2.21. The molecule has 0 fully saturated rings. The number of carbonyl (C=O) groups excluding carboxylic acids is 4. The summed E-state index contributed by atoms with van der Waals surface area (Å²) in [7, 11) is -9.91. The number of carbonyl (C=O) groups is 4. The van der Waals surface area contributed by atoms with Gasteiger partial charge >= 0.3 is 39.5 Å². The lowest BCUT2D eigenvalue weighted by molar-refractivity contribution is -0.161. The highest BCUT2D eigenvalue weighted by atomic mass is 31.2. The molecule has 3 N–H and O–H groups in total. The minimum Gasteiger partial charge on any atom is -0.462 e. The van der Waals surface area contributed by atoms with Crippen molar-refractivity contribution in [1.82, 2.24) is 0 Å². The van der Waals surface area contributed by atoms with Crippen LogP contribution in [-0.2, 0) is 65.4 Å². The fourth-order valence-corrected chi connectivity index (χ4v) is 13.3. The summed E-state index contributed by atoms with van der Waals surface area (Å²) in [5.41, 5.74) is 0. The first-order valence-electron chi connectivity index (χ1n) is 39.9. The van der Waals surface area contributed by atoms with Gasteiger partial charge in [0.2, 0.25) is 0 Å². The Morgan fingerprint density at radius 1 is 0.302 bits per heavy atom. The van der Waals surface area contributed by atoms with Crippen molar-refractivity contribution in [2.24, 2.45) is 17.8 Å². The largest absolute Gasteiger partial charge is 0.472 e. The molecule has 0 radical (unpaired) electrons. The first kappa shape index (κ1) is 94.1.